The number of anilines is 1. The Balaban J connectivity index is 2.77. The van der Waals surface area contributed by atoms with Crippen LogP contribution in [0.4, 0.5) is 5.69 Å². The maximum absolute atomic E-state index is 9.36. The van der Waals surface area contributed by atoms with Gasteiger partial charge in [-0.1, -0.05) is 6.92 Å². The van der Waals surface area contributed by atoms with Gasteiger partial charge in [-0.3, -0.25) is 0 Å². The van der Waals surface area contributed by atoms with Gasteiger partial charge in [-0.25, -0.2) is 0 Å². The van der Waals surface area contributed by atoms with Crippen LogP contribution >= 0.6 is 34.4 Å². The first-order valence-corrected chi connectivity index (χ1v) is 6.36. The number of halogens is 1. The van der Waals surface area contributed by atoms with E-state index < -0.39 is 0 Å². The van der Waals surface area contributed by atoms with Gasteiger partial charge in [0.05, 0.1) is 6.10 Å². The second-order valence-corrected chi connectivity index (χ2v) is 5.91. The first-order chi connectivity index (χ1) is 6.50. The standard InChI is InChI=1S/C10H14INOS/c1-6(13)7(2)14-10-4-3-8(11)5-9(10)12/h3-7,13H,12H2,1-2H3. The molecule has 0 radical (unpaired) electrons. The monoisotopic (exact) mass is 323 g/mol. The molecule has 0 aliphatic rings. The van der Waals surface area contributed by atoms with Crippen molar-refractivity contribution in [1.82, 2.24) is 0 Å². The zero-order chi connectivity index (χ0) is 10.7. The van der Waals surface area contributed by atoms with E-state index in [4.69, 9.17) is 5.73 Å². The molecule has 0 saturated carbocycles. The van der Waals surface area contributed by atoms with Crippen LogP contribution in [0.1, 0.15) is 13.8 Å². The zero-order valence-corrected chi connectivity index (χ0v) is 11.2. The van der Waals surface area contributed by atoms with Crippen LogP contribution in [-0.4, -0.2) is 16.5 Å². The lowest BCUT2D eigenvalue weighted by atomic mass is 10.3. The highest BCUT2D eigenvalue weighted by Gasteiger charge is 2.11. The summed E-state index contributed by atoms with van der Waals surface area (Å²) in [6.07, 6.45) is -0.321. The van der Waals surface area contributed by atoms with E-state index in [2.05, 4.69) is 22.6 Å². The fourth-order valence-corrected chi connectivity index (χ4v) is 2.38. The van der Waals surface area contributed by atoms with Gasteiger partial charge in [0.25, 0.3) is 0 Å². The van der Waals surface area contributed by atoms with Crippen molar-refractivity contribution in [3.63, 3.8) is 0 Å². The van der Waals surface area contributed by atoms with Crippen molar-refractivity contribution in [2.75, 3.05) is 5.73 Å². The number of nitrogen functional groups attached to an aromatic ring is 1. The van der Waals surface area contributed by atoms with E-state index in [1.165, 1.54) is 0 Å². The highest BCUT2D eigenvalue weighted by Crippen LogP contribution is 2.30. The highest BCUT2D eigenvalue weighted by atomic mass is 127. The number of rotatable bonds is 3. The minimum Gasteiger partial charge on any atom is -0.398 e. The van der Waals surface area contributed by atoms with E-state index in [1.807, 2.05) is 25.1 Å². The first kappa shape index (κ1) is 12.1. The Morgan fingerprint density at radius 2 is 2.07 bits per heavy atom. The number of aliphatic hydroxyl groups is 1. The van der Waals surface area contributed by atoms with Crippen LogP contribution < -0.4 is 5.73 Å². The topological polar surface area (TPSA) is 46.2 Å². The van der Waals surface area contributed by atoms with Crippen LogP contribution in [-0.2, 0) is 0 Å². The number of aliphatic hydroxyl groups excluding tert-OH is 1. The third-order valence-corrected chi connectivity index (χ3v) is 4.03. The third-order valence-electron chi connectivity index (χ3n) is 1.96. The third kappa shape index (κ3) is 3.33. The predicted molar refractivity (Wildman–Crippen MR) is 70.6 cm³/mol. The maximum Gasteiger partial charge on any atom is 0.0631 e. The summed E-state index contributed by atoms with van der Waals surface area (Å²) in [7, 11) is 0. The van der Waals surface area contributed by atoms with Gasteiger partial charge >= 0.3 is 0 Å². The van der Waals surface area contributed by atoms with Crippen LogP contribution in [0, 0.1) is 3.57 Å². The smallest absolute Gasteiger partial charge is 0.0631 e. The quantitative estimate of drug-likeness (QED) is 0.511. The molecule has 0 aliphatic heterocycles. The molecular formula is C10H14INOS. The fourth-order valence-electron chi connectivity index (χ4n) is 0.925. The molecule has 2 unspecified atom stereocenters. The van der Waals surface area contributed by atoms with Crippen LogP contribution in [0.5, 0.6) is 0 Å². The van der Waals surface area contributed by atoms with E-state index in [1.54, 1.807) is 18.7 Å². The lowest BCUT2D eigenvalue weighted by Gasteiger charge is -2.15. The van der Waals surface area contributed by atoms with Gasteiger partial charge in [-0.2, -0.15) is 0 Å². The molecule has 14 heavy (non-hydrogen) atoms. The lowest BCUT2D eigenvalue weighted by molar-refractivity contribution is 0.196. The van der Waals surface area contributed by atoms with E-state index in [0.29, 0.717) is 0 Å². The molecule has 78 valence electrons. The molecule has 0 fully saturated rings. The van der Waals surface area contributed by atoms with Crippen molar-refractivity contribution in [2.45, 2.75) is 30.1 Å². The van der Waals surface area contributed by atoms with Gasteiger partial charge in [-0.05, 0) is 47.7 Å². The maximum atomic E-state index is 9.36. The van der Waals surface area contributed by atoms with Crippen molar-refractivity contribution in [3.05, 3.63) is 21.8 Å². The molecule has 3 N–H and O–H groups in total. The van der Waals surface area contributed by atoms with Gasteiger partial charge in [0.1, 0.15) is 0 Å². The SMILES string of the molecule is CC(O)C(C)Sc1ccc(I)cc1N. The Labute approximate surface area is 102 Å². The number of nitrogens with two attached hydrogens (primary N) is 1. The number of benzene rings is 1. The summed E-state index contributed by atoms with van der Waals surface area (Å²) in [6, 6.07) is 5.96. The zero-order valence-electron chi connectivity index (χ0n) is 8.20. The Bertz CT molecular complexity index is 317. The summed E-state index contributed by atoms with van der Waals surface area (Å²) < 4.78 is 1.13. The van der Waals surface area contributed by atoms with Gasteiger partial charge in [0, 0.05) is 19.4 Å². The fraction of sp³-hybridized carbons (Fsp3) is 0.400. The summed E-state index contributed by atoms with van der Waals surface area (Å²) in [5.74, 6) is 0. The second kappa shape index (κ2) is 5.23. The van der Waals surface area contributed by atoms with Gasteiger partial charge < -0.3 is 10.8 Å². The first-order valence-electron chi connectivity index (χ1n) is 4.40. The Morgan fingerprint density at radius 3 is 2.57 bits per heavy atom. The van der Waals surface area contributed by atoms with Crippen molar-refractivity contribution >= 4 is 40.0 Å². The predicted octanol–water partition coefficient (Wildman–Crippen LogP) is 2.73. The van der Waals surface area contributed by atoms with Crippen LogP contribution in [0.25, 0.3) is 0 Å². The molecule has 0 amide bonds. The average Bonchev–Trinajstić information content (AvgIpc) is 2.09. The summed E-state index contributed by atoms with van der Waals surface area (Å²) in [5.41, 5.74) is 6.65. The molecule has 2 nitrogen and oxygen atoms in total. The molecular weight excluding hydrogens is 309 g/mol. The summed E-state index contributed by atoms with van der Waals surface area (Å²) in [4.78, 5) is 1.04. The molecule has 1 aromatic rings. The minimum atomic E-state index is -0.321. The number of thioether (sulfide) groups is 1. The van der Waals surface area contributed by atoms with E-state index in [-0.39, 0.29) is 11.4 Å². The van der Waals surface area contributed by atoms with Gasteiger partial charge in [0.2, 0.25) is 0 Å². The van der Waals surface area contributed by atoms with Crippen molar-refractivity contribution in [3.8, 4) is 0 Å². The van der Waals surface area contributed by atoms with Crippen LogP contribution in [0.2, 0.25) is 0 Å². The minimum absolute atomic E-state index is 0.164. The van der Waals surface area contributed by atoms with E-state index in [0.717, 1.165) is 14.2 Å². The van der Waals surface area contributed by atoms with Crippen LogP contribution in [0.3, 0.4) is 0 Å². The summed E-state index contributed by atoms with van der Waals surface area (Å²) in [6.45, 7) is 3.79. The normalized spacial score (nSPS) is 15.1. The largest absolute Gasteiger partial charge is 0.398 e. The Morgan fingerprint density at radius 1 is 1.43 bits per heavy atom. The Hall–Kier alpha value is 0.0600. The van der Waals surface area contributed by atoms with Crippen molar-refractivity contribution < 1.29 is 5.11 Å². The van der Waals surface area contributed by atoms with E-state index >= 15 is 0 Å². The summed E-state index contributed by atoms with van der Waals surface area (Å²) >= 11 is 3.84. The van der Waals surface area contributed by atoms with Crippen LogP contribution in [0.15, 0.2) is 23.1 Å². The highest BCUT2D eigenvalue weighted by molar-refractivity contribution is 14.1. The number of hydrogen-bond donors (Lipinski definition) is 2. The van der Waals surface area contributed by atoms with Crippen molar-refractivity contribution in [2.24, 2.45) is 0 Å². The molecule has 0 saturated heterocycles. The second-order valence-electron chi connectivity index (χ2n) is 3.25. The molecule has 1 rings (SSSR count). The molecule has 0 spiro atoms. The molecule has 0 bridgehead atoms. The number of hydrogen-bond acceptors (Lipinski definition) is 3. The molecule has 1 aromatic carbocycles. The molecule has 2 atom stereocenters. The van der Waals surface area contributed by atoms with Gasteiger partial charge in [0.15, 0.2) is 0 Å². The molecule has 4 heteroatoms. The van der Waals surface area contributed by atoms with E-state index in [9.17, 15) is 5.11 Å². The Kier molecular flexibility index (Phi) is 4.53. The molecule has 0 aliphatic carbocycles. The molecule has 0 aromatic heterocycles. The van der Waals surface area contributed by atoms with Crippen molar-refractivity contribution in [1.29, 1.82) is 0 Å². The average molecular weight is 323 g/mol. The lowest BCUT2D eigenvalue weighted by Crippen LogP contribution is -2.15. The summed E-state index contributed by atoms with van der Waals surface area (Å²) in [5, 5.41) is 9.53. The van der Waals surface area contributed by atoms with Gasteiger partial charge in [-0.15, -0.1) is 11.8 Å². The molecule has 0 heterocycles.